The van der Waals surface area contributed by atoms with Gasteiger partial charge in [-0.15, -0.1) is 0 Å². The summed E-state index contributed by atoms with van der Waals surface area (Å²) in [5.41, 5.74) is -0.839. The molecular weight excluding hydrogens is 351 g/mol. The third kappa shape index (κ3) is 4.47. The third-order valence-corrected chi connectivity index (χ3v) is 3.27. The van der Waals surface area contributed by atoms with Crippen molar-refractivity contribution in [2.75, 3.05) is 11.9 Å². The molecule has 21 heavy (non-hydrogen) atoms. The summed E-state index contributed by atoms with van der Waals surface area (Å²) in [5, 5.41) is 16.4. The van der Waals surface area contributed by atoms with Crippen LogP contribution in [0.15, 0.2) is 41.1 Å². The molecule has 0 amide bonds. The lowest BCUT2D eigenvalue weighted by Crippen LogP contribution is -2.26. The molecule has 0 fully saturated rings. The Balaban J connectivity index is 2.03. The SMILES string of the molecule is OC(CNc1ccc(Br)cc1C(F)(F)F)Cn1cccn1. The first-order chi connectivity index (χ1) is 9.86. The van der Waals surface area contributed by atoms with Crippen LogP contribution in [0, 0.1) is 0 Å². The van der Waals surface area contributed by atoms with E-state index < -0.39 is 17.8 Å². The largest absolute Gasteiger partial charge is 0.418 e. The van der Waals surface area contributed by atoms with Gasteiger partial charge < -0.3 is 10.4 Å². The molecule has 0 aliphatic carbocycles. The molecule has 4 nitrogen and oxygen atoms in total. The first-order valence-electron chi connectivity index (χ1n) is 6.12. The second kappa shape index (κ2) is 6.48. The molecule has 114 valence electrons. The Morgan fingerprint density at radius 1 is 1.38 bits per heavy atom. The van der Waals surface area contributed by atoms with E-state index in [2.05, 4.69) is 26.3 Å². The van der Waals surface area contributed by atoms with E-state index >= 15 is 0 Å². The van der Waals surface area contributed by atoms with Gasteiger partial charge in [0, 0.05) is 29.1 Å². The summed E-state index contributed by atoms with van der Waals surface area (Å²) in [5.74, 6) is 0. The number of aliphatic hydroxyl groups is 1. The highest BCUT2D eigenvalue weighted by Crippen LogP contribution is 2.36. The summed E-state index contributed by atoms with van der Waals surface area (Å²) in [7, 11) is 0. The molecule has 1 atom stereocenters. The molecule has 1 heterocycles. The fourth-order valence-electron chi connectivity index (χ4n) is 1.82. The zero-order valence-electron chi connectivity index (χ0n) is 10.8. The Hall–Kier alpha value is -1.54. The number of alkyl halides is 3. The predicted octanol–water partition coefficient (Wildman–Crippen LogP) is 3.14. The normalized spacial score (nSPS) is 13.2. The number of rotatable bonds is 5. The van der Waals surface area contributed by atoms with Crippen LogP contribution in [0.3, 0.4) is 0 Å². The van der Waals surface area contributed by atoms with Crippen molar-refractivity contribution in [3.63, 3.8) is 0 Å². The lowest BCUT2D eigenvalue weighted by atomic mass is 10.1. The highest BCUT2D eigenvalue weighted by Gasteiger charge is 2.33. The Morgan fingerprint density at radius 3 is 2.76 bits per heavy atom. The minimum Gasteiger partial charge on any atom is -0.389 e. The zero-order valence-corrected chi connectivity index (χ0v) is 12.4. The fourth-order valence-corrected chi connectivity index (χ4v) is 2.18. The molecule has 0 saturated heterocycles. The second-order valence-electron chi connectivity index (χ2n) is 4.45. The van der Waals surface area contributed by atoms with Crippen molar-refractivity contribution in [2.24, 2.45) is 0 Å². The van der Waals surface area contributed by atoms with Gasteiger partial charge in [0.15, 0.2) is 0 Å². The van der Waals surface area contributed by atoms with Crippen LogP contribution in [-0.2, 0) is 12.7 Å². The minimum absolute atomic E-state index is 0.00935. The molecule has 1 unspecified atom stereocenters. The first kappa shape index (κ1) is 15.8. The average Bonchev–Trinajstić information content (AvgIpc) is 2.89. The van der Waals surface area contributed by atoms with Gasteiger partial charge in [-0.1, -0.05) is 15.9 Å². The van der Waals surface area contributed by atoms with E-state index in [0.29, 0.717) is 4.47 Å². The van der Waals surface area contributed by atoms with Gasteiger partial charge in [0.2, 0.25) is 0 Å². The number of benzene rings is 1. The quantitative estimate of drug-likeness (QED) is 0.857. The summed E-state index contributed by atoms with van der Waals surface area (Å²) in [6, 6.07) is 5.55. The monoisotopic (exact) mass is 363 g/mol. The summed E-state index contributed by atoms with van der Waals surface area (Å²) in [4.78, 5) is 0. The summed E-state index contributed by atoms with van der Waals surface area (Å²) in [6.45, 7) is 0.197. The van der Waals surface area contributed by atoms with Crippen LogP contribution in [0.5, 0.6) is 0 Å². The van der Waals surface area contributed by atoms with Gasteiger partial charge >= 0.3 is 6.18 Å². The number of halogens is 4. The third-order valence-electron chi connectivity index (χ3n) is 2.77. The molecule has 2 aromatic rings. The van der Waals surface area contributed by atoms with Crippen LogP contribution < -0.4 is 5.32 Å². The maximum atomic E-state index is 12.9. The lowest BCUT2D eigenvalue weighted by molar-refractivity contribution is -0.137. The molecule has 2 rings (SSSR count). The lowest BCUT2D eigenvalue weighted by Gasteiger charge is -2.17. The van der Waals surface area contributed by atoms with Crippen LogP contribution in [0.2, 0.25) is 0 Å². The van der Waals surface area contributed by atoms with Gasteiger partial charge in [-0.25, -0.2) is 0 Å². The Bertz CT molecular complexity index is 587. The molecule has 1 aromatic carbocycles. The van der Waals surface area contributed by atoms with Gasteiger partial charge in [0.25, 0.3) is 0 Å². The summed E-state index contributed by atoms with van der Waals surface area (Å²) >= 11 is 3.02. The maximum absolute atomic E-state index is 12.9. The van der Waals surface area contributed by atoms with Gasteiger partial charge in [-0.05, 0) is 24.3 Å². The van der Waals surface area contributed by atoms with Crippen molar-refractivity contribution in [2.45, 2.75) is 18.8 Å². The van der Waals surface area contributed by atoms with Crippen molar-refractivity contribution in [3.05, 3.63) is 46.7 Å². The number of hydrogen-bond donors (Lipinski definition) is 2. The number of aliphatic hydroxyl groups excluding tert-OH is 1. The van der Waals surface area contributed by atoms with E-state index in [4.69, 9.17) is 0 Å². The average molecular weight is 364 g/mol. The van der Waals surface area contributed by atoms with Crippen molar-refractivity contribution in [3.8, 4) is 0 Å². The Morgan fingerprint density at radius 2 is 2.14 bits per heavy atom. The number of hydrogen-bond acceptors (Lipinski definition) is 3. The van der Waals surface area contributed by atoms with Crippen molar-refractivity contribution in [1.29, 1.82) is 0 Å². The van der Waals surface area contributed by atoms with E-state index in [1.807, 2.05) is 0 Å². The second-order valence-corrected chi connectivity index (χ2v) is 5.37. The summed E-state index contributed by atoms with van der Waals surface area (Å²) in [6.07, 6.45) is -2.07. The van der Waals surface area contributed by atoms with E-state index in [1.54, 1.807) is 18.5 Å². The minimum atomic E-state index is -4.46. The fraction of sp³-hybridized carbons (Fsp3) is 0.308. The summed E-state index contributed by atoms with van der Waals surface area (Å²) < 4.78 is 40.6. The van der Waals surface area contributed by atoms with E-state index in [9.17, 15) is 18.3 Å². The predicted molar refractivity (Wildman–Crippen MR) is 75.9 cm³/mol. The van der Waals surface area contributed by atoms with Gasteiger partial charge in [0.1, 0.15) is 0 Å². The molecule has 0 saturated carbocycles. The number of nitrogens with one attached hydrogen (secondary N) is 1. The standard InChI is InChI=1S/C13H13BrF3N3O/c14-9-2-3-12(11(6-9)13(15,16)17)18-7-10(21)8-20-5-1-4-19-20/h1-6,10,18,21H,7-8H2. The van der Waals surface area contributed by atoms with Crippen molar-refractivity contribution < 1.29 is 18.3 Å². The van der Waals surface area contributed by atoms with Crippen LogP contribution in [0.4, 0.5) is 18.9 Å². The molecule has 0 aliphatic rings. The van der Waals surface area contributed by atoms with Crippen LogP contribution in [0.1, 0.15) is 5.56 Å². The maximum Gasteiger partial charge on any atom is 0.418 e. The molecule has 8 heteroatoms. The van der Waals surface area contributed by atoms with Crippen LogP contribution >= 0.6 is 15.9 Å². The topological polar surface area (TPSA) is 50.1 Å². The first-order valence-corrected chi connectivity index (χ1v) is 6.91. The van der Waals surface area contributed by atoms with Crippen molar-refractivity contribution in [1.82, 2.24) is 9.78 Å². The smallest absolute Gasteiger partial charge is 0.389 e. The number of anilines is 1. The Labute approximate surface area is 127 Å². The molecular formula is C13H13BrF3N3O. The van der Waals surface area contributed by atoms with Crippen molar-refractivity contribution >= 4 is 21.6 Å². The molecule has 0 spiro atoms. The highest BCUT2D eigenvalue weighted by atomic mass is 79.9. The van der Waals surface area contributed by atoms with Crippen LogP contribution in [0.25, 0.3) is 0 Å². The van der Waals surface area contributed by atoms with Gasteiger partial charge in [-0.2, -0.15) is 18.3 Å². The number of nitrogens with zero attached hydrogens (tertiary/aromatic N) is 2. The highest BCUT2D eigenvalue weighted by molar-refractivity contribution is 9.10. The molecule has 0 bridgehead atoms. The molecule has 0 aliphatic heterocycles. The molecule has 0 radical (unpaired) electrons. The molecule has 2 N–H and O–H groups in total. The van der Waals surface area contributed by atoms with E-state index in [-0.39, 0.29) is 18.8 Å². The van der Waals surface area contributed by atoms with E-state index in [1.165, 1.54) is 16.8 Å². The zero-order chi connectivity index (χ0) is 15.5. The van der Waals surface area contributed by atoms with E-state index in [0.717, 1.165) is 6.07 Å². The Kier molecular flexibility index (Phi) is 4.89. The van der Waals surface area contributed by atoms with Crippen LogP contribution in [-0.4, -0.2) is 27.5 Å². The number of aromatic nitrogens is 2. The molecule has 1 aromatic heterocycles. The van der Waals surface area contributed by atoms with Gasteiger partial charge in [-0.3, -0.25) is 4.68 Å². The van der Waals surface area contributed by atoms with Gasteiger partial charge in [0.05, 0.1) is 18.2 Å².